The number of hydrogen-bond donors (Lipinski definition) is 1. The van der Waals surface area contributed by atoms with Crippen LogP contribution in [0.2, 0.25) is 0 Å². The average Bonchev–Trinajstić information content (AvgIpc) is 2.57. The minimum Gasteiger partial charge on any atom is -0.468 e. The van der Waals surface area contributed by atoms with Gasteiger partial charge >= 0.3 is 0 Å². The Morgan fingerprint density at radius 2 is 2.23 bits per heavy atom. The molecule has 13 heavy (non-hydrogen) atoms. The smallest absolute Gasteiger partial charge is 0.117 e. The van der Waals surface area contributed by atoms with Crippen LogP contribution < -0.4 is 5.32 Å². The number of furan rings is 1. The first-order chi connectivity index (χ1) is 6.24. The van der Waals surface area contributed by atoms with E-state index in [0.29, 0.717) is 12.0 Å². The van der Waals surface area contributed by atoms with Gasteiger partial charge in [0.05, 0.1) is 12.8 Å². The van der Waals surface area contributed by atoms with E-state index in [4.69, 9.17) is 4.42 Å². The molecule has 0 aliphatic rings. The van der Waals surface area contributed by atoms with Gasteiger partial charge in [0.1, 0.15) is 5.76 Å². The van der Waals surface area contributed by atoms with Crippen molar-refractivity contribution in [2.24, 2.45) is 5.92 Å². The van der Waals surface area contributed by atoms with Crippen molar-refractivity contribution in [1.82, 2.24) is 5.32 Å². The van der Waals surface area contributed by atoms with Crippen molar-refractivity contribution in [2.45, 2.75) is 39.8 Å². The highest BCUT2D eigenvalue weighted by molar-refractivity contribution is 4.97. The monoisotopic (exact) mass is 181 g/mol. The molecule has 1 heterocycles. The van der Waals surface area contributed by atoms with Gasteiger partial charge in [0, 0.05) is 6.04 Å². The van der Waals surface area contributed by atoms with Crippen LogP contribution in [0.3, 0.4) is 0 Å². The highest BCUT2D eigenvalue weighted by atomic mass is 16.3. The van der Waals surface area contributed by atoms with E-state index in [0.717, 1.165) is 12.3 Å². The largest absolute Gasteiger partial charge is 0.468 e. The predicted molar refractivity (Wildman–Crippen MR) is 54.5 cm³/mol. The first-order valence-electron chi connectivity index (χ1n) is 4.99. The summed E-state index contributed by atoms with van der Waals surface area (Å²) in [5.74, 6) is 1.69. The van der Waals surface area contributed by atoms with Crippen molar-refractivity contribution >= 4 is 0 Å². The summed E-state index contributed by atoms with van der Waals surface area (Å²) in [6, 6.07) is 4.51. The maximum Gasteiger partial charge on any atom is 0.117 e. The van der Waals surface area contributed by atoms with Crippen molar-refractivity contribution in [1.29, 1.82) is 0 Å². The molecule has 74 valence electrons. The third-order valence-corrected chi connectivity index (χ3v) is 2.36. The number of rotatable bonds is 5. The second-order valence-corrected chi connectivity index (χ2v) is 3.72. The van der Waals surface area contributed by atoms with E-state index in [-0.39, 0.29) is 0 Å². The number of nitrogens with one attached hydrogen (secondary N) is 1. The quantitative estimate of drug-likeness (QED) is 0.755. The molecule has 0 spiro atoms. The van der Waals surface area contributed by atoms with Gasteiger partial charge in [0.25, 0.3) is 0 Å². The summed E-state index contributed by atoms with van der Waals surface area (Å²) in [4.78, 5) is 0. The van der Waals surface area contributed by atoms with Gasteiger partial charge in [0.2, 0.25) is 0 Å². The zero-order chi connectivity index (χ0) is 9.68. The molecule has 2 nitrogen and oxygen atoms in total. The normalized spacial score (nSPS) is 13.5. The van der Waals surface area contributed by atoms with Crippen molar-refractivity contribution in [3.63, 3.8) is 0 Å². The van der Waals surface area contributed by atoms with Crippen molar-refractivity contribution in [2.75, 3.05) is 0 Å². The van der Waals surface area contributed by atoms with Gasteiger partial charge < -0.3 is 9.73 Å². The van der Waals surface area contributed by atoms with Gasteiger partial charge in [-0.25, -0.2) is 0 Å². The minimum atomic E-state index is 0.588. The molecule has 0 aromatic carbocycles. The second-order valence-electron chi connectivity index (χ2n) is 3.72. The SMILES string of the molecule is CCC(NCc1ccco1)C(C)C. The van der Waals surface area contributed by atoms with E-state index in [9.17, 15) is 0 Å². The second kappa shape index (κ2) is 5.07. The van der Waals surface area contributed by atoms with Gasteiger partial charge in [-0.05, 0) is 24.5 Å². The summed E-state index contributed by atoms with van der Waals surface area (Å²) in [5, 5.41) is 3.48. The van der Waals surface area contributed by atoms with Crippen LogP contribution in [0.4, 0.5) is 0 Å². The zero-order valence-electron chi connectivity index (χ0n) is 8.71. The van der Waals surface area contributed by atoms with Crippen LogP contribution in [0.25, 0.3) is 0 Å². The molecule has 0 radical (unpaired) electrons. The van der Waals surface area contributed by atoms with Gasteiger partial charge in [-0.1, -0.05) is 20.8 Å². The molecule has 0 bridgehead atoms. The first kappa shape index (κ1) is 10.3. The molecule has 0 aliphatic heterocycles. The third-order valence-electron chi connectivity index (χ3n) is 2.36. The van der Waals surface area contributed by atoms with Gasteiger partial charge in [-0.15, -0.1) is 0 Å². The Bertz CT molecular complexity index is 216. The summed E-state index contributed by atoms with van der Waals surface area (Å²) < 4.78 is 5.25. The first-order valence-corrected chi connectivity index (χ1v) is 4.99. The Labute approximate surface area is 80.3 Å². The lowest BCUT2D eigenvalue weighted by Crippen LogP contribution is -2.32. The molecule has 2 heteroatoms. The lowest BCUT2D eigenvalue weighted by Gasteiger charge is -2.19. The standard InChI is InChI=1S/C11H19NO/c1-4-11(9(2)3)12-8-10-6-5-7-13-10/h5-7,9,11-12H,4,8H2,1-3H3. The van der Waals surface area contributed by atoms with E-state index in [1.165, 1.54) is 6.42 Å². The summed E-state index contributed by atoms with van der Waals surface area (Å²) in [7, 11) is 0. The molecule has 1 rings (SSSR count). The van der Waals surface area contributed by atoms with Crippen LogP contribution in [0.5, 0.6) is 0 Å². The predicted octanol–water partition coefficient (Wildman–Crippen LogP) is 2.80. The maximum atomic E-state index is 5.25. The molecule has 0 fully saturated rings. The molecule has 1 unspecified atom stereocenters. The Morgan fingerprint density at radius 1 is 1.46 bits per heavy atom. The Balaban J connectivity index is 2.32. The van der Waals surface area contributed by atoms with Crippen LogP contribution in [-0.4, -0.2) is 6.04 Å². The van der Waals surface area contributed by atoms with Gasteiger partial charge in [-0.2, -0.15) is 0 Å². The Hall–Kier alpha value is -0.760. The molecule has 1 aromatic heterocycles. The fourth-order valence-corrected chi connectivity index (χ4v) is 1.50. The highest BCUT2D eigenvalue weighted by Crippen LogP contribution is 2.07. The topological polar surface area (TPSA) is 25.2 Å². The fourth-order valence-electron chi connectivity index (χ4n) is 1.50. The van der Waals surface area contributed by atoms with Crippen LogP contribution in [0, 0.1) is 5.92 Å². The van der Waals surface area contributed by atoms with Crippen LogP contribution >= 0.6 is 0 Å². The lowest BCUT2D eigenvalue weighted by atomic mass is 10.0. The van der Waals surface area contributed by atoms with Crippen LogP contribution in [0.15, 0.2) is 22.8 Å². The molecule has 0 saturated carbocycles. The molecular weight excluding hydrogens is 162 g/mol. The van der Waals surface area contributed by atoms with E-state index in [1.807, 2.05) is 12.1 Å². The maximum absolute atomic E-state index is 5.25. The van der Waals surface area contributed by atoms with E-state index in [2.05, 4.69) is 26.1 Å². The summed E-state index contributed by atoms with van der Waals surface area (Å²) in [6.45, 7) is 7.52. The fraction of sp³-hybridized carbons (Fsp3) is 0.636. The molecule has 1 aromatic rings. The minimum absolute atomic E-state index is 0.588. The zero-order valence-corrected chi connectivity index (χ0v) is 8.71. The molecule has 1 N–H and O–H groups in total. The van der Waals surface area contributed by atoms with Crippen molar-refractivity contribution < 1.29 is 4.42 Å². The molecule has 0 amide bonds. The highest BCUT2D eigenvalue weighted by Gasteiger charge is 2.09. The third kappa shape index (κ3) is 3.23. The van der Waals surface area contributed by atoms with Gasteiger partial charge in [-0.3, -0.25) is 0 Å². The van der Waals surface area contributed by atoms with Crippen LogP contribution in [0.1, 0.15) is 33.0 Å². The summed E-state index contributed by atoms with van der Waals surface area (Å²) in [6.07, 6.45) is 2.88. The Morgan fingerprint density at radius 3 is 2.69 bits per heavy atom. The molecular formula is C11H19NO. The van der Waals surface area contributed by atoms with Crippen molar-refractivity contribution in [3.8, 4) is 0 Å². The van der Waals surface area contributed by atoms with E-state index >= 15 is 0 Å². The lowest BCUT2D eigenvalue weighted by molar-refractivity contribution is 0.366. The van der Waals surface area contributed by atoms with Gasteiger partial charge in [0.15, 0.2) is 0 Å². The summed E-state index contributed by atoms with van der Waals surface area (Å²) >= 11 is 0. The van der Waals surface area contributed by atoms with E-state index in [1.54, 1.807) is 6.26 Å². The molecule has 1 atom stereocenters. The number of hydrogen-bond acceptors (Lipinski definition) is 2. The van der Waals surface area contributed by atoms with Crippen LogP contribution in [-0.2, 0) is 6.54 Å². The summed E-state index contributed by atoms with van der Waals surface area (Å²) in [5.41, 5.74) is 0. The molecule has 0 aliphatic carbocycles. The average molecular weight is 181 g/mol. The van der Waals surface area contributed by atoms with E-state index < -0.39 is 0 Å². The Kier molecular flexibility index (Phi) is 4.03. The molecule has 0 saturated heterocycles. The van der Waals surface area contributed by atoms with Crippen molar-refractivity contribution in [3.05, 3.63) is 24.2 Å².